The maximum atomic E-state index is 15.5. The Morgan fingerprint density at radius 3 is 2.68 bits per heavy atom. The van der Waals surface area contributed by atoms with Gasteiger partial charge in [0.2, 0.25) is 5.91 Å². The van der Waals surface area contributed by atoms with E-state index in [-0.39, 0.29) is 24.8 Å². The molecular formula is C30H42FN3O4. The fourth-order valence-corrected chi connectivity index (χ4v) is 5.59. The number of benzene rings is 2. The molecule has 0 spiro atoms. The lowest BCUT2D eigenvalue weighted by Crippen LogP contribution is -2.48. The molecule has 208 valence electrons. The molecular weight excluding hydrogens is 485 g/mol. The first-order valence-corrected chi connectivity index (χ1v) is 13.9. The van der Waals surface area contributed by atoms with E-state index in [9.17, 15) is 14.7 Å². The van der Waals surface area contributed by atoms with Crippen LogP contribution in [0.25, 0.3) is 11.1 Å². The average Bonchev–Trinajstić information content (AvgIpc) is 2.93. The third-order valence-electron chi connectivity index (χ3n) is 7.66. The number of rotatable bonds is 13. The lowest BCUT2D eigenvalue weighted by Gasteiger charge is -2.43. The maximum absolute atomic E-state index is 15.5. The molecule has 7 nitrogen and oxygen atoms in total. The van der Waals surface area contributed by atoms with Crippen LogP contribution in [0.1, 0.15) is 69.4 Å². The molecule has 2 aromatic rings. The molecule has 8 heteroatoms. The number of likely N-dealkylation sites (tertiary alicyclic amines) is 1. The first-order valence-electron chi connectivity index (χ1n) is 13.9. The number of carboxylic acid groups (broad SMARTS) is 1. The van der Waals surface area contributed by atoms with Gasteiger partial charge in [-0.3, -0.25) is 4.79 Å². The lowest BCUT2D eigenvalue weighted by atomic mass is 9.72. The fraction of sp³-hybridized carbons (Fsp3) is 0.533. The van der Waals surface area contributed by atoms with Crippen LogP contribution in [0.4, 0.5) is 9.18 Å². The second-order valence-corrected chi connectivity index (χ2v) is 10.3. The number of carbonyl (C=O) groups excluding carboxylic acids is 1. The number of nitrogens with two attached hydrogens (primary N) is 1. The summed E-state index contributed by atoms with van der Waals surface area (Å²) in [5.74, 6) is -0.665. The maximum Gasteiger partial charge on any atom is 0.404 e. The topological polar surface area (TPSA) is 116 Å². The third kappa shape index (κ3) is 7.54. The number of halogens is 1. The quantitative estimate of drug-likeness (QED) is 0.272. The van der Waals surface area contributed by atoms with Crippen LogP contribution in [-0.2, 0) is 16.8 Å². The molecule has 2 amide bonds. The summed E-state index contributed by atoms with van der Waals surface area (Å²) in [4.78, 5) is 25.8. The highest BCUT2D eigenvalue weighted by Gasteiger charge is 2.43. The van der Waals surface area contributed by atoms with E-state index >= 15 is 4.39 Å². The van der Waals surface area contributed by atoms with Crippen molar-refractivity contribution in [1.29, 1.82) is 0 Å². The molecule has 1 aliphatic heterocycles. The smallest absolute Gasteiger partial charge is 0.404 e. The molecule has 0 aromatic heterocycles. The number of hydrogen-bond donors (Lipinski definition) is 4. The van der Waals surface area contributed by atoms with Crippen molar-refractivity contribution in [2.75, 3.05) is 26.2 Å². The van der Waals surface area contributed by atoms with Gasteiger partial charge in [-0.05, 0) is 74.2 Å². The normalized spacial score (nSPS) is 17.2. The largest absolute Gasteiger partial charge is 0.465 e. The van der Waals surface area contributed by atoms with Crippen LogP contribution < -0.4 is 11.1 Å². The molecule has 1 aliphatic rings. The zero-order valence-corrected chi connectivity index (χ0v) is 22.4. The number of amides is 2. The van der Waals surface area contributed by atoms with Crippen LogP contribution in [0.15, 0.2) is 42.5 Å². The summed E-state index contributed by atoms with van der Waals surface area (Å²) >= 11 is 0. The second-order valence-electron chi connectivity index (χ2n) is 10.3. The molecule has 1 heterocycles. The molecule has 3 rings (SSSR count). The van der Waals surface area contributed by atoms with Gasteiger partial charge in [0.05, 0.1) is 5.60 Å². The van der Waals surface area contributed by atoms with Gasteiger partial charge in [-0.2, -0.15) is 0 Å². The van der Waals surface area contributed by atoms with Crippen molar-refractivity contribution in [2.45, 2.75) is 70.3 Å². The fourth-order valence-electron chi connectivity index (χ4n) is 5.59. The van der Waals surface area contributed by atoms with E-state index in [1.165, 1.54) is 6.07 Å². The highest BCUT2D eigenvalue weighted by Crippen LogP contribution is 2.44. The van der Waals surface area contributed by atoms with Gasteiger partial charge in [-0.1, -0.05) is 49.7 Å². The van der Waals surface area contributed by atoms with Gasteiger partial charge < -0.3 is 26.2 Å². The molecule has 0 saturated carbocycles. The van der Waals surface area contributed by atoms with Gasteiger partial charge in [0, 0.05) is 37.5 Å². The molecule has 1 fully saturated rings. The van der Waals surface area contributed by atoms with E-state index < -0.39 is 17.5 Å². The summed E-state index contributed by atoms with van der Waals surface area (Å²) in [6.07, 6.45) is 4.74. The van der Waals surface area contributed by atoms with E-state index in [1.807, 2.05) is 36.1 Å². The van der Waals surface area contributed by atoms with Crippen molar-refractivity contribution in [3.8, 4) is 11.1 Å². The van der Waals surface area contributed by atoms with Crippen LogP contribution >= 0.6 is 0 Å². The number of nitrogens with one attached hydrogen (secondary N) is 1. The van der Waals surface area contributed by atoms with E-state index in [0.29, 0.717) is 55.6 Å². The van der Waals surface area contributed by atoms with E-state index in [4.69, 9.17) is 10.8 Å². The number of aryl methyl sites for hydroxylation is 1. The summed E-state index contributed by atoms with van der Waals surface area (Å²) < 4.78 is 15.5. The van der Waals surface area contributed by atoms with Gasteiger partial charge in [-0.15, -0.1) is 0 Å². The predicted molar refractivity (Wildman–Crippen MR) is 147 cm³/mol. The minimum Gasteiger partial charge on any atom is -0.465 e. The van der Waals surface area contributed by atoms with E-state index in [1.54, 1.807) is 12.1 Å². The molecule has 1 saturated heterocycles. The van der Waals surface area contributed by atoms with Crippen LogP contribution in [0, 0.1) is 11.7 Å². The minimum atomic E-state index is -1.45. The Hall–Kier alpha value is -2.97. The van der Waals surface area contributed by atoms with Crippen molar-refractivity contribution in [3.63, 3.8) is 0 Å². The molecule has 0 aliphatic carbocycles. The Balaban J connectivity index is 1.95. The molecule has 2 atom stereocenters. The molecule has 38 heavy (non-hydrogen) atoms. The van der Waals surface area contributed by atoms with E-state index in [0.717, 1.165) is 37.7 Å². The number of aliphatic hydroxyl groups is 1. The molecule has 0 unspecified atom stereocenters. The van der Waals surface area contributed by atoms with Gasteiger partial charge in [-0.25, -0.2) is 9.18 Å². The monoisotopic (exact) mass is 527 g/mol. The summed E-state index contributed by atoms with van der Waals surface area (Å²) in [5, 5.41) is 23.8. The molecule has 2 aromatic carbocycles. The molecule has 0 radical (unpaired) electrons. The lowest BCUT2D eigenvalue weighted by molar-refractivity contribution is -0.136. The first kappa shape index (κ1) is 29.6. The Kier molecular flexibility index (Phi) is 11.1. The zero-order chi connectivity index (χ0) is 27.5. The number of unbranched alkanes of at least 4 members (excludes halogenated alkanes) is 2. The highest BCUT2D eigenvalue weighted by molar-refractivity contribution is 5.76. The Morgan fingerprint density at radius 1 is 1.16 bits per heavy atom. The number of nitrogens with zero attached hydrogens (tertiary/aromatic N) is 1. The van der Waals surface area contributed by atoms with Crippen molar-refractivity contribution >= 4 is 12.0 Å². The van der Waals surface area contributed by atoms with Crippen molar-refractivity contribution in [1.82, 2.24) is 10.2 Å². The Bertz CT molecular complexity index is 1080. The first-order chi connectivity index (χ1) is 18.3. The van der Waals surface area contributed by atoms with Gasteiger partial charge in [0.25, 0.3) is 0 Å². The number of hydrogen-bond acceptors (Lipinski definition) is 4. The third-order valence-corrected chi connectivity index (χ3v) is 7.66. The van der Waals surface area contributed by atoms with Crippen LogP contribution in [-0.4, -0.2) is 53.3 Å². The summed E-state index contributed by atoms with van der Waals surface area (Å²) in [5.41, 5.74) is 6.74. The van der Waals surface area contributed by atoms with Crippen molar-refractivity contribution < 1.29 is 24.2 Å². The average molecular weight is 528 g/mol. The van der Waals surface area contributed by atoms with Crippen LogP contribution in [0.3, 0.4) is 0 Å². The van der Waals surface area contributed by atoms with Crippen molar-refractivity contribution in [3.05, 3.63) is 59.4 Å². The van der Waals surface area contributed by atoms with Crippen LogP contribution in [0.5, 0.6) is 0 Å². The van der Waals surface area contributed by atoms with Gasteiger partial charge in [0.15, 0.2) is 0 Å². The van der Waals surface area contributed by atoms with Crippen molar-refractivity contribution in [2.24, 2.45) is 11.7 Å². The number of carbonyl (C=O) groups is 2. The predicted octanol–water partition coefficient (Wildman–Crippen LogP) is 5.05. The van der Waals surface area contributed by atoms with E-state index in [2.05, 4.69) is 5.32 Å². The Morgan fingerprint density at radius 2 is 1.95 bits per heavy atom. The van der Waals surface area contributed by atoms with Crippen LogP contribution in [0.2, 0.25) is 0 Å². The van der Waals surface area contributed by atoms with Gasteiger partial charge in [0.1, 0.15) is 5.82 Å². The highest BCUT2D eigenvalue weighted by atomic mass is 19.1. The summed E-state index contributed by atoms with van der Waals surface area (Å²) in [7, 11) is 0. The standard InChI is InChI=1S/C30H42FN3O4/c1-2-22-10-6-11-23(20-22)28-25(13-7-14-26(28)31)30(38,16-9-18-33-29(36)37)24-12-8-19-34(21-24)27(35)15-4-3-5-17-32/h6-7,10-11,13-14,20,24,33,38H,2-5,8-9,12,15-19,21,32H2,1H3,(H,36,37)/t24-,30+/m1/s1. The second kappa shape index (κ2) is 14.3. The minimum absolute atomic E-state index is 0.0664. The Labute approximate surface area is 225 Å². The van der Waals surface area contributed by atoms with Gasteiger partial charge >= 0.3 is 6.09 Å². The zero-order valence-electron chi connectivity index (χ0n) is 22.4. The number of piperidine rings is 1. The molecule has 5 N–H and O–H groups in total. The summed E-state index contributed by atoms with van der Waals surface area (Å²) in [6.45, 7) is 3.84. The SMILES string of the molecule is CCc1cccc(-c2c(F)cccc2[C@](O)(CCCNC(=O)O)[C@@H]2CCCN(C(=O)CCCCCN)C2)c1. The molecule has 0 bridgehead atoms. The summed E-state index contributed by atoms with van der Waals surface area (Å²) in [6, 6.07) is 12.5.